The van der Waals surface area contributed by atoms with E-state index in [2.05, 4.69) is 0 Å². The number of ether oxygens (including phenoxy) is 1. The average Bonchev–Trinajstić information content (AvgIpc) is 2.76. The molecule has 88 valence electrons. The van der Waals surface area contributed by atoms with Crippen molar-refractivity contribution in [2.45, 2.75) is 36.2 Å². The molecule has 0 spiro atoms. The maximum atomic E-state index is 10.6. The SMILES string of the molecule is COc1c(SC)cccc1C1(O)CCCC1. The van der Waals surface area contributed by atoms with Gasteiger partial charge in [-0.2, -0.15) is 0 Å². The number of aliphatic hydroxyl groups is 1. The van der Waals surface area contributed by atoms with E-state index in [4.69, 9.17) is 4.74 Å². The van der Waals surface area contributed by atoms with Gasteiger partial charge in [-0.25, -0.2) is 0 Å². The van der Waals surface area contributed by atoms with Gasteiger partial charge in [-0.05, 0) is 25.2 Å². The van der Waals surface area contributed by atoms with Crippen molar-refractivity contribution in [3.05, 3.63) is 23.8 Å². The van der Waals surface area contributed by atoms with Crippen molar-refractivity contribution in [3.63, 3.8) is 0 Å². The van der Waals surface area contributed by atoms with Gasteiger partial charge in [0, 0.05) is 10.5 Å². The lowest BCUT2D eigenvalue weighted by Gasteiger charge is -2.25. The molecule has 0 radical (unpaired) electrons. The summed E-state index contributed by atoms with van der Waals surface area (Å²) in [5, 5.41) is 10.6. The number of benzene rings is 1. The number of para-hydroxylation sites is 1. The van der Waals surface area contributed by atoms with E-state index in [0.29, 0.717) is 0 Å². The second kappa shape index (κ2) is 4.68. The normalized spacial score (nSPS) is 18.7. The fourth-order valence-electron chi connectivity index (χ4n) is 2.48. The lowest BCUT2D eigenvalue weighted by Crippen LogP contribution is -2.21. The highest BCUT2D eigenvalue weighted by atomic mass is 32.2. The van der Waals surface area contributed by atoms with Gasteiger partial charge < -0.3 is 9.84 Å². The van der Waals surface area contributed by atoms with Crippen LogP contribution in [0, 0.1) is 0 Å². The Labute approximate surface area is 101 Å². The highest BCUT2D eigenvalue weighted by Crippen LogP contribution is 2.45. The van der Waals surface area contributed by atoms with E-state index in [1.54, 1.807) is 18.9 Å². The molecule has 0 bridgehead atoms. The van der Waals surface area contributed by atoms with Crippen molar-refractivity contribution < 1.29 is 9.84 Å². The molecule has 1 saturated carbocycles. The van der Waals surface area contributed by atoms with E-state index in [1.165, 1.54) is 0 Å². The number of rotatable bonds is 3. The van der Waals surface area contributed by atoms with Gasteiger partial charge in [0.05, 0.1) is 12.7 Å². The number of hydrogen-bond donors (Lipinski definition) is 1. The standard InChI is InChI=1S/C13H18O2S/c1-15-12-10(6-5-7-11(12)16-2)13(14)8-3-4-9-13/h5-7,14H,3-4,8-9H2,1-2H3. The summed E-state index contributed by atoms with van der Waals surface area (Å²) in [5.41, 5.74) is 0.288. The van der Waals surface area contributed by atoms with Crippen molar-refractivity contribution in [1.82, 2.24) is 0 Å². The van der Waals surface area contributed by atoms with Gasteiger partial charge in [0.15, 0.2) is 0 Å². The van der Waals surface area contributed by atoms with Crippen LogP contribution in [0.5, 0.6) is 5.75 Å². The molecule has 1 aromatic rings. The number of hydrogen-bond acceptors (Lipinski definition) is 3. The Hall–Kier alpha value is -0.670. The van der Waals surface area contributed by atoms with Crippen LogP contribution in [0.15, 0.2) is 23.1 Å². The van der Waals surface area contributed by atoms with Gasteiger partial charge in [-0.1, -0.05) is 25.0 Å². The van der Waals surface area contributed by atoms with E-state index in [9.17, 15) is 5.11 Å². The summed E-state index contributed by atoms with van der Waals surface area (Å²) in [6.45, 7) is 0. The molecule has 3 heteroatoms. The van der Waals surface area contributed by atoms with E-state index in [-0.39, 0.29) is 0 Å². The summed E-state index contributed by atoms with van der Waals surface area (Å²) < 4.78 is 5.46. The third-order valence-electron chi connectivity index (χ3n) is 3.34. The van der Waals surface area contributed by atoms with Crippen LogP contribution in [-0.2, 0) is 5.60 Å². The van der Waals surface area contributed by atoms with E-state index in [0.717, 1.165) is 41.9 Å². The Bertz CT molecular complexity index is 370. The molecular formula is C13H18O2S. The predicted octanol–water partition coefficient (Wildman–Crippen LogP) is 3.18. The zero-order valence-electron chi connectivity index (χ0n) is 9.82. The molecule has 0 aliphatic heterocycles. The van der Waals surface area contributed by atoms with Gasteiger partial charge >= 0.3 is 0 Å². The fourth-order valence-corrected chi connectivity index (χ4v) is 3.08. The van der Waals surface area contributed by atoms with Crippen molar-refractivity contribution in [2.75, 3.05) is 13.4 Å². The highest BCUT2D eigenvalue weighted by molar-refractivity contribution is 7.98. The third-order valence-corrected chi connectivity index (χ3v) is 4.10. The van der Waals surface area contributed by atoms with Crippen molar-refractivity contribution in [3.8, 4) is 5.75 Å². The maximum absolute atomic E-state index is 10.6. The number of methoxy groups -OCH3 is 1. The molecule has 0 unspecified atom stereocenters. The van der Waals surface area contributed by atoms with Crippen molar-refractivity contribution in [2.24, 2.45) is 0 Å². The Kier molecular flexibility index (Phi) is 3.45. The monoisotopic (exact) mass is 238 g/mol. The quantitative estimate of drug-likeness (QED) is 0.820. The molecule has 1 aromatic carbocycles. The highest BCUT2D eigenvalue weighted by Gasteiger charge is 2.35. The summed E-state index contributed by atoms with van der Waals surface area (Å²) in [4.78, 5) is 1.10. The van der Waals surface area contributed by atoms with Gasteiger partial charge in [-0.15, -0.1) is 11.8 Å². The second-order valence-corrected chi connectivity index (χ2v) is 5.13. The van der Waals surface area contributed by atoms with E-state index in [1.807, 2.05) is 24.5 Å². The van der Waals surface area contributed by atoms with Gasteiger partial charge in [0.1, 0.15) is 5.75 Å². The first-order valence-electron chi connectivity index (χ1n) is 5.65. The van der Waals surface area contributed by atoms with Crippen LogP contribution in [0.25, 0.3) is 0 Å². The molecule has 0 amide bonds. The first kappa shape index (κ1) is 11.8. The Balaban J connectivity index is 2.47. The summed E-state index contributed by atoms with van der Waals surface area (Å²) in [7, 11) is 1.68. The minimum atomic E-state index is -0.670. The smallest absolute Gasteiger partial charge is 0.138 e. The van der Waals surface area contributed by atoms with Crippen LogP contribution in [0.1, 0.15) is 31.2 Å². The molecule has 0 heterocycles. The van der Waals surface area contributed by atoms with Crippen LogP contribution < -0.4 is 4.74 Å². The van der Waals surface area contributed by atoms with Crippen LogP contribution in [-0.4, -0.2) is 18.5 Å². The Morgan fingerprint density at radius 1 is 1.31 bits per heavy atom. The molecule has 1 aliphatic rings. The largest absolute Gasteiger partial charge is 0.495 e. The Morgan fingerprint density at radius 3 is 2.56 bits per heavy atom. The van der Waals surface area contributed by atoms with Crippen LogP contribution >= 0.6 is 11.8 Å². The predicted molar refractivity (Wildman–Crippen MR) is 67.1 cm³/mol. The zero-order chi connectivity index (χ0) is 11.6. The minimum absolute atomic E-state index is 0.670. The van der Waals surface area contributed by atoms with Crippen LogP contribution in [0.2, 0.25) is 0 Å². The van der Waals surface area contributed by atoms with Gasteiger partial charge in [0.25, 0.3) is 0 Å². The number of thioether (sulfide) groups is 1. The fraction of sp³-hybridized carbons (Fsp3) is 0.538. The summed E-state index contributed by atoms with van der Waals surface area (Å²) in [5.74, 6) is 0.847. The average molecular weight is 238 g/mol. The second-order valence-electron chi connectivity index (χ2n) is 4.28. The third kappa shape index (κ3) is 1.94. The Morgan fingerprint density at radius 2 is 2.00 bits per heavy atom. The first-order valence-corrected chi connectivity index (χ1v) is 6.87. The molecule has 0 atom stereocenters. The minimum Gasteiger partial charge on any atom is -0.495 e. The molecule has 2 rings (SSSR count). The first-order chi connectivity index (χ1) is 7.71. The summed E-state index contributed by atoms with van der Waals surface area (Å²) >= 11 is 1.66. The molecular weight excluding hydrogens is 220 g/mol. The van der Waals surface area contributed by atoms with Crippen molar-refractivity contribution in [1.29, 1.82) is 0 Å². The summed E-state index contributed by atoms with van der Waals surface area (Å²) in [6, 6.07) is 6.02. The zero-order valence-corrected chi connectivity index (χ0v) is 10.6. The van der Waals surface area contributed by atoms with Crippen LogP contribution in [0.3, 0.4) is 0 Å². The molecule has 1 N–H and O–H groups in total. The lowest BCUT2D eigenvalue weighted by molar-refractivity contribution is 0.0416. The van der Waals surface area contributed by atoms with E-state index >= 15 is 0 Å². The van der Waals surface area contributed by atoms with Gasteiger partial charge in [0.2, 0.25) is 0 Å². The van der Waals surface area contributed by atoms with E-state index < -0.39 is 5.60 Å². The molecule has 1 aliphatic carbocycles. The summed E-state index contributed by atoms with van der Waals surface area (Å²) in [6.07, 6.45) is 5.93. The molecule has 16 heavy (non-hydrogen) atoms. The van der Waals surface area contributed by atoms with Crippen molar-refractivity contribution >= 4 is 11.8 Å². The maximum Gasteiger partial charge on any atom is 0.138 e. The molecule has 0 aromatic heterocycles. The lowest BCUT2D eigenvalue weighted by atomic mass is 9.91. The molecule has 0 saturated heterocycles. The topological polar surface area (TPSA) is 29.5 Å². The van der Waals surface area contributed by atoms with Gasteiger partial charge in [-0.3, -0.25) is 0 Å². The molecule has 2 nitrogen and oxygen atoms in total. The molecule has 1 fully saturated rings. The van der Waals surface area contributed by atoms with Crippen LogP contribution in [0.4, 0.5) is 0 Å².